The van der Waals surface area contributed by atoms with Crippen LogP contribution in [-0.2, 0) is 18.0 Å². The summed E-state index contributed by atoms with van der Waals surface area (Å²) in [6, 6.07) is 27.3. The monoisotopic (exact) mass is 491 g/mol. The molecule has 4 aromatic carbocycles. The van der Waals surface area contributed by atoms with Crippen molar-refractivity contribution in [1.82, 2.24) is 0 Å². The van der Waals surface area contributed by atoms with E-state index in [4.69, 9.17) is 9.47 Å². The van der Waals surface area contributed by atoms with Crippen molar-refractivity contribution in [2.75, 3.05) is 5.32 Å². The first kappa shape index (κ1) is 24.0. The van der Waals surface area contributed by atoms with E-state index in [2.05, 4.69) is 5.32 Å². The molecule has 1 aliphatic rings. The molecule has 6 nitrogen and oxygen atoms in total. The van der Waals surface area contributed by atoms with Gasteiger partial charge in [-0.2, -0.15) is 0 Å². The molecule has 0 fully saturated rings. The number of hydrogen-bond acceptors (Lipinski definition) is 5. The third-order valence-electron chi connectivity index (χ3n) is 6.15. The van der Waals surface area contributed by atoms with E-state index in [0.29, 0.717) is 11.4 Å². The fraction of sp³-hybridized carbons (Fsp3) is 0.129. The summed E-state index contributed by atoms with van der Waals surface area (Å²) in [5.74, 6) is -0.325. The SMILES string of the molecule is CCC(=O)Nc1cc(OCc2ccccc2)c2c(c1)C(=O)c1cccc(OCc3ccccc3)c1C2=O. The molecule has 0 heterocycles. The first-order valence-corrected chi connectivity index (χ1v) is 12.1. The summed E-state index contributed by atoms with van der Waals surface area (Å²) in [5, 5.41) is 2.78. The number of carbonyl (C=O) groups is 3. The van der Waals surface area contributed by atoms with Crippen molar-refractivity contribution < 1.29 is 23.9 Å². The van der Waals surface area contributed by atoms with Crippen molar-refractivity contribution in [2.45, 2.75) is 26.6 Å². The van der Waals surface area contributed by atoms with E-state index < -0.39 is 0 Å². The van der Waals surface area contributed by atoms with E-state index in [0.717, 1.165) is 11.1 Å². The minimum Gasteiger partial charge on any atom is -0.488 e. The number of benzene rings is 4. The molecule has 37 heavy (non-hydrogen) atoms. The van der Waals surface area contributed by atoms with E-state index in [9.17, 15) is 14.4 Å². The van der Waals surface area contributed by atoms with Crippen LogP contribution in [0.5, 0.6) is 11.5 Å². The zero-order valence-electron chi connectivity index (χ0n) is 20.3. The van der Waals surface area contributed by atoms with E-state index in [-0.39, 0.29) is 65.1 Å². The molecule has 0 bridgehead atoms. The van der Waals surface area contributed by atoms with Crippen LogP contribution in [0.1, 0.15) is 56.3 Å². The Hall–Kier alpha value is -4.71. The summed E-state index contributed by atoms with van der Waals surface area (Å²) in [4.78, 5) is 39.6. The minimum atomic E-state index is -0.357. The lowest BCUT2D eigenvalue weighted by atomic mass is 9.82. The number of amides is 1. The van der Waals surface area contributed by atoms with Gasteiger partial charge in [0.1, 0.15) is 24.7 Å². The number of carbonyl (C=O) groups excluding carboxylic acids is 3. The van der Waals surface area contributed by atoms with Gasteiger partial charge in [-0.25, -0.2) is 0 Å². The molecule has 0 atom stereocenters. The number of rotatable bonds is 8. The number of ether oxygens (including phenoxy) is 2. The molecular formula is C31H25NO5. The van der Waals surface area contributed by atoms with E-state index in [1.807, 2.05) is 60.7 Å². The molecule has 0 unspecified atom stereocenters. The Kier molecular flexibility index (Phi) is 6.81. The normalized spacial score (nSPS) is 11.9. The van der Waals surface area contributed by atoms with Gasteiger partial charge in [-0.1, -0.05) is 79.7 Å². The van der Waals surface area contributed by atoms with Crippen LogP contribution in [0.4, 0.5) is 5.69 Å². The largest absolute Gasteiger partial charge is 0.488 e. The van der Waals surface area contributed by atoms with Crippen molar-refractivity contribution in [2.24, 2.45) is 0 Å². The summed E-state index contributed by atoms with van der Waals surface area (Å²) < 4.78 is 12.1. The molecule has 1 aliphatic carbocycles. The molecule has 6 heteroatoms. The smallest absolute Gasteiger partial charge is 0.224 e. The maximum atomic E-state index is 13.9. The molecule has 184 valence electrons. The highest BCUT2D eigenvalue weighted by Gasteiger charge is 2.35. The second kappa shape index (κ2) is 10.5. The fourth-order valence-electron chi connectivity index (χ4n) is 4.28. The maximum absolute atomic E-state index is 13.9. The van der Waals surface area contributed by atoms with E-state index in [1.165, 1.54) is 0 Å². The molecular weight excluding hydrogens is 466 g/mol. The molecule has 0 saturated carbocycles. The van der Waals surface area contributed by atoms with Gasteiger partial charge in [-0.3, -0.25) is 14.4 Å². The average molecular weight is 492 g/mol. The van der Waals surface area contributed by atoms with E-state index >= 15 is 0 Å². The van der Waals surface area contributed by atoms with Crippen molar-refractivity contribution >= 4 is 23.2 Å². The predicted octanol–water partition coefficient (Wildman–Crippen LogP) is 5.97. The van der Waals surface area contributed by atoms with Crippen LogP contribution < -0.4 is 14.8 Å². The van der Waals surface area contributed by atoms with Crippen molar-refractivity contribution in [1.29, 1.82) is 0 Å². The summed E-state index contributed by atoms with van der Waals surface area (Å²) in [5.41, 5.74) is 3.07. The van der Waals surface area contributed by atoms with Crippen LogP contribution in [0.25, 0.3) is 0 Å². The lowest BCUT2D eigenvalue weighted by molar-refractivity contribution is -0.115. The fourth-order valence-corrected chi connectivity index (χ4v) is 4.28. The molecule has 1 N–H and O–H groups in total. The standard InChI is InChI=1S/C31H25NO5/c1-2-27(33)32-22-16-24-29(26(17-22)37-19-21-12-7-4-8-13-21)31(35)28-23(30(24)34)14-9-15-25(28)36-18-20-10-5-3-6-11-20/h3-17H,2,18-19H2,1H3,(H,32,33). The lowest BCUT2D eigenvalue weighted by Gasteiger charge is -2.23. The Bertz CT molecular complexity index is 1480. The van der Waals surface area contributed by atoms with Crippen molar-refractivity contribution in [3.63, 3.8) is 0 Å². The van der Waals surface area contributed by atoms with Gasteiger partial charge in [0.25, 0.3) is 0 Å². The second-order valence-corrected chi connectivity index (χ2v) is 8.68. The summed E-state index contributed by atoms with van der Waals surface area (Å²) in [6.07, 6.45) is 0.273. The Morgan fingerprint density at radius 3 is 1.89 bits per heavy atom. The third-order valence-corrected chi connectivity index (χ3v) is 6.15. The molecule has 0 radical (unpaired) electrons. The first-order valence-electron chi connectivity index (χ1n) is 12.1. The minimum absolute atomic E-state index is 0.165. The first-order chi connectivity index (χ1) is 18.0. The molecule has 0 aliphatic heterocycles. The summed E-state index contributed by atoms with van der Waals surface area (Å²) in [6.45, 7) is 2.19. The molecule has 1 amide bonds. The molecule has 0 spiro atoms. The van der Waals surface area contributed by atoms with Gasteiger partial charge in [0, 0.05) is 29.3 Å². The highest BCUT2D eigenvalue weighted by molar-refractivity contribution is 6.30. The number of anilines is 1. The predicted molar refractivity (Wildman–Crippen MR) is 140 cm³/mol. The van der Waals surface area contributed by atoms with Crippen LogP contribution in [0.3, 0.4) is 0 Å². The Morgan fingerprint density at radius 2 is 1.27 bits per heavy atom. The van der Waals surface area contributed by atoms with Crippen LogP contribution in [0, 0.1) is 0 Å². The maximum Gasteiger partial charge on any atom is 0.224 e. The van der Waals surface area contributed by atoms with Gasteiger partial charge in [0.15, 0.2) is 5.78 Å². The average Bonchev–Trinajstić information content (AvgIpc) is 2.94. The zero-order chi connectivity index (χ0) is 25.8. The quantitative estimate of drug-likeness (QED) is 0.289. The summed E-state index contributed by atoms with van der Waals surface area (Å²) in [7, 11) is 0. The number of ketones is 2. The topological polar surface area (TPSA) is 81.7 Å². The van der Waals surface area contributed by atoms with Crippen molar-refractivity contribution in [3.8, 4) is 11.5 Å². The zero-order valence-corrected chi connectivity index (χ0v) is 20.3. The molecule has 0 saturated heterocycles. The van der Waals surface area contributed by atoms with Crippen LogP contribution in [-0.4, -0.2) is 17.5 Å². The van der Waals surface area contributed by atoms with Gasteiger partial charge in [0.2, 0.25) is 11.7 Å². The highest BCUT2D eigenvalue weighted by atomic mass is 16.5. The number of nitrogens with one attached hydrogen (secondary N) is 1. The van der Waals surface area contributed by atoms with Gasteiger partial charge < -0.3 is 14.8 Å². The van der Waals surface area contributed by atoms with E-state index in [1.54, 1.807) is 37.3 Å². The van der Waals surface area contributed by atoms with Gasteiger partial charge in [-0.15, -0.1) is 0 Å². The van der Waals surface area contributed by atoms with Gasteiger partial charge in [-0.05, 0) is 23.3 Å². The Morgan fingerprint density at radius 1 is 0.676 bits per heavy atom. The molecule has 4 aromatic rings. The van der Waals surface area contributed by atoms with Crippen molar-refractivity contribution in [3.05, 3.63) is 124 Å². The van der Waals surface area contributed by atoms with Crippen LogP contribution >= 0.6 is 0 Å². The number of fused-ring (bicyclic) bond motifs is 2. The van der Waals surface area contributed by atoms with Gasteiger partial charge in [0.05, 0.1) is 11.1 Å². The third kappa shape index (κ3) is 5.00. The highest BCUT2D eigenvalue weighted by Crippen LogP contribution is 2.39. The van der Waals surface area contributed by atoms with Gasteiger partial charge >= 0.3 is 0 Å². The van der Waals surface area contributed by atoms with Crippen LogP contribution in [0.15, 0.2) is 91.0 Å². The molecule has 0 aromatic heterocycles. The Labute approximate surface area is 214 Å². The Balaban J connectivity index is 1.55. The molecule has 5 rings (SSSR count). The van der Waals surface area contributed by atoms with Crippen LogP contribution in [0.2, 0.25) is 0 Å². The second-order valence-electron chi connectivity index (χ2n) is 8.68. The lowest BCUT2D eigenvalue weighted by Crippen LogP contribution is -2.23. The number of hydrogen-bond donors (Lipinski definition) is 1. The summed E-state index contributed by atoms with van der Waals surface area (Å²) >= 11 is 0.